The maximum absolute atomic E-state index is 12.1. The summed E-state index contributed by atoms with van der Waals surface area (Å²) in [5.41, 5.74) is 8.03. The first-order valence-corrected chi connectivity index (χ1v) is 7.21. The van der Waals surface area contributed by atoms with Gasteiger partial charge in [0.1, 0.15) is 0 Å². The molecule has 1 amide bonds. The summed E-state index contributed by atoms with van der Waals surface area (Å²) < 4.78 is 0.844. The van der Waals surface area contributed by atoms with Gasteiger partial charge >= 0.3 is 0 Å². The van der Waals surface area contributed by atoms with Crippen molar-refractivity contribution in [3.63, 3.8) is 0 Å². The average Bonchev–Trinajstić information content (AvgIpc) is 2.83. The van der Waals surface area contributed by atoms with Crippen LogP contribution in [0.1, 0.15) is 41.6 Å². The molecule has 1 aromatic rings. The van der Waals surface area contributed by atoms with E-state index in [0.717, 1.165) is 16.6 Å². The number of amides is 1. The number of benzene rings is 1. The maximum atomic E-state index is 12.1. The minimum Gasteiger partial charge on any atom is -0.398 e. The van der Waals surface area contributed by atoms with Gasteiger partial charge in [0.25, 0.3) is 5.91 Å². The molecule has 98 valence electrons. The summed E-state index contributed by atoms with van der Waals surface area (Å²) in [5, 5.41) is 3.02. The topological polar surface area (TPSA) is 55.1 Å². The maximum Gasteiger partial charge on any atom is 0.251 e. The molecule has 4 heteroatoms. The summed E-state index contributed by atoms with van der Waals surface area (Å²) in [4.78, 5) is 12.1. The summed E-state index contributed by atoms with van der Waals surface area (Å²) in [6.07, 6.45) is 5.06. The van der Waals surface area contributed by atoms with E-state index in [4.69, 9.17) is 5.73 Å². The largest absolute Gasteiger partial charge is 0.398 e. The molecule has 0 heterocycles. The van der Waals surface area contributed by atoms with Crippen LogP contribution in [0, 0.1) is 12.8 Å². The predicted octanol–water partition coefficient (Wildman–Crippen LogP) is 3.26. The van der Waals surface area contributed by atoms with E-state index in [-0.39, 0.29) is 5.91 Å². The molecular weight excluding hydrogens is 292 g/mol. The van der Waals surface area contributed by atoms with Gasteiger partial charge in [-0.3, -0.25) is 4.79 Å². The van der Waals surface area contributed by atoms with Crippen LogP contribution in [0.4, 0.5) is 5.69 Å². The molecule has 0 saturated heterocycles. The zero-order chi connectivity index (χ0) is 13.1. The molecule has 18 heavy (non-hydrogen) atoms. The Labute approximate surface area is 116 Å². The molecule has 0 unspecified atom stereocenters. The van der Waals surface area contributed by atoms with Crippen molar-refractivity contribution in [2.75, 3.05) is 12.3 Å². The van der Waals surface area contributed by atoms with Crippen LogP contribution in [0.2, 0.25) is 0 Å². The molecule has 0 radical (unpaired) electrons. The first-order valence-electron chi connectivity index (χ1n) is 6.41. The number of hydrogen-bond acceptors (Lipinski definition) is 2. The number of carbonyl (C=O) groups is 1. The van der Waals surface area contributed by atoms with Crippen molar-refractivity contribution in [2.24, 2.45) is 5.92 Å². The van der Waals surface area contributed by atoms with Crippen LogP contribution in [-0.2, 0) is 0 Å². The van der Waals surface area contributed by atoms with Gasteiger partial charge in [-0.25, -0.2) is 0 Å². The van der Waals surface area contributed by atoms with Crippen LogP contribution >= 0.6 is 15.9 Å². The van der Waals surface area contributed by atoms with Gasteiger partial charge in [0.2, 0.25) is 0 Å². The lowest BCUT2D eigenvalue weighted by atomic mass is 10.1. The number of nitrogens with two attached hydrogens (primary N) is 1. The van der Waals surface area contributed by atoms with Crippen LogP contribution in [0.15, 0.2) is 16.6 Å². The Hall–Kier alpha value is -1.03. The van der Waals surface area contributed by atoms with Crippen molar-refractivity contribution in [1.29, 1.82) is 0 Å². The smallest absolute Gasteiger partial charge is 0.251 e. The highest BCUT2D eigenvalue weighted by molar-refractivity contribution is 9.10. The van der Waals surface area contributed by atoms with Crippen LogP contribution in [0.5, 0.6) is 0 Å². The second-order valence-corrected chi connectivity index (χ2v) is 5.94. The lowest BCUT2D eigenvalue weighted by Gasteiger charge is -2.13. The minimum atomic E-state index is -0.0209. The van der Waals surface area contributed by atoms with E-state index >= 15 is 0 Å². The van der Waals surface area contributed by atoms with Crippen molar-refractivity contribution in [3.8, 4) is 0 Å². The number of carbonyl (C=O) groups excluding carboxylic acids is 1. The van der Waals surface area contributed by atoms with Crippen molar-refractivity contribution in [3.05, 3.63) is 27.7 Å². The van der Waals surface area contributed by atoms with Crippen molar-refractivity contribution < 1.29 is 4.79 Å². The van der Waals surface area contributed by atoms with Gasteiger partial charge in [0.05, 0.1) is 0 Å². The molecular formula is C14H19BrN2O. The molecule has 3 N–H and O–H groups in total. The lowest BCUT2D eigenvalue weighted by molar-refractivity contribution is 0.0947. The Morgan fingerprint density at radius 1 is 1.44 bits per heavy atom. The van der Waals surface area contributed by atoms with Gasteiger partial charge in [-0.05, 0) is 43.4 Å². The number of halogens is 1. The predicted molar refractivity (Wildman–Crippen MR) is 77.6 cm³/mol. The fraction of sp³-hybridized carbons (Fsp3) is 0.500. The average molecular weight is 311 g/mol. The zero-order valence-electron chi connectivity index (χ0n) is 10.6. The number of nitrogen functional groups attached to an aromatic ring is 1. The molecule has 0 bridgehead atoms. The van der Waals surface area contributed by atoms with Gasteiger partial charge in [0, 0.05) is 22.3 Å². The minimum absolute atomic E-state index is 0.0209. The van der Waals surface area contributed by atoms with Crippen molar-refractivity contribution in [1.82, 2.24) is 5.32 Å². The van der Waals surface area contributed by atoms with E-state index in [0.29, 0.717) is 17.2 Å². The number of anilines is 1. The molecule has 0 aliphatic heterocycles. The number of nitrogens with one attached hydrogen (secondary N) is 1. The van der Waals surface area contributed by atoms with Gasteiger partial charge in [0.15, 0.2) is 0 Å². The van der Waals surface area contributed by atoms with Crippen LogP contribution < -0.4 is 11.1 Å². The highest BCUT2D eigenvalue weighted by Gasteiger charge is 2.17. The summed E-state index contributed by atoms with van der Waals surface area (Å²) in [6.45, 7) is 2.66. The Morgan fingerprint density at radius 2 is 2.11 bits per heavy atom. The monoisotopic (exact) mass is 310 g/mol. The van der Waals surface area contributed by atoms with Crippen LogP contribution in [-0.4, -0.2) is 12.5 Å². The summed E-state index contributed by atoms with van der Waals surface area (Å²) >= 11 is 3.37. The zero-order valence-corrected chi connectivity index (χ0v) is 12.2. The molecule has 0 atom stereocenters. The molecule has 0 aromatic heterocycles. The van der Waals surface area contributed by atoms with Gasteiger partial charge in [-0.2, -0.15) is 0 Å². The molecule has 0 spiro atoms. The Balaban J connectivity index is 2.04. The van der Waals surface area contributed by atoms with Gasteiger partial charge in [-0.15, -0.1) is 0 Å². The summed E-state index contributed by atoms with van der Waals surface area (Å²) in [6, 6.07) is 3.65. The Morgan fingerprint density at radius 3 is 2.78 bits per heavy atom. The normalized spacial score (nSPS) is 15.9. The van der Waals surface area contributed by atoms with E-state index in [1.54, 1.807) is 0 Å². The molecule has 1 saturated carbocycles. The molecule has 1 aliphatic carbocycles. The molecule has 3 nitrogen and oxygen atoms in total. The first-order chi connectivity index (χ1) is 8.58. The van der Waals surface area contributed by atoms with Gasteiger partial charge < -0.3 is 11.1 Å². The van der Waals surface area contributed by atoms with E-state index < -0.39 is 0 Å². The quantitative estimate of drug-likeness (QED) is 0.842. The molecule has 1 aromatic carbocycles. The molecule has 1 fully saturated rings. The molecule has 2 rings (SSSR count). The highest BCUT2D eigenvalue weighted by atomic mass is 79.9. The third kappa shape index (κ3) is 3.05. The van der Waals surface area contributed by atoms with E-state index in [9.17, 15) is 4.79 Å². The van der Waals surface area contributed by atoms with Gasteiger partial charge in [-0.1, -0.05) is 28.8 Å². The summed E-state index contributed by atoms with van der Waals surface area (Å²) in [7, 11) is 0. The Kier molecular flexibility index (Phi) is 4.27. The first kappa shape index (κ1) is 13.4. The van der Waals surface area contributed by atoms with E-state index in [1.807, 2.05) is 19.1 Å². The fourth-order valence-electron chi connectivity index (χ4n) is 2.48. The van der Waals surface area contributed by atoms with Crippen LogP contribution in [0.3, 0.4) is 0 Å². The van der Waals surface area contributed by atoms with E-state index in [1.165, 1.54) is 25.7 Å². The highest BCUT2D eigenvalue weighted by Crippen LogP contribution is 2.25. The van der Waals surface area contributed by atoms with Crippen LogP contribution in [0.25, 0.3) is 0 Å². The van der Waals surface area contributed by atoms with E-state index in [2.05, 4.69) is 21.2 Å². The second-order valence-electron chi connectivity index (χ2n) is 5.03. The molecule has 1 aliphatic rings. The third-order valence-electron chi connectivity index (χ3n) is 3.68. The lowest BCUT2D eigenvalue weighted by Crippen LogP contribution is -2.29. The van der Waals surface area contributed by atoms with Crippen molar-refractivity contribution in [2.45, 2.75) is 32.6 Å². The Bertz CT molecular complexity index is 453. The standard InChI is InChI=1S/C14H19BrN2O/c1-9-12(6-11(15)7-13(9)16)14(18)17-8-10-4-2-3-5-10/h6-7,10H,2-5,8,16H2,1H3,(H,17,18). The van der Waals surface area contributed by atoms with Crippen molar-refractivity contribution >= 4 is 27.5 Å². The number of hydrogen-bond donors (Lipinski definition) is 2. The SMILES string of the molecule is Cc1c(N)cc(Br)cc1C(=O)NCC1CCCC1. The summed E-state index contributed by atoms with van der Waals surface area (Å²) in [5.74, 6) is 0.631. The third-order valence-corrected chi connectivity index (χ3v) is 4.14. The number of rotatable bonds is 3. The second kappa shape index (κ2) is 5.74. The fourth-order valence-corrected chi connectivity index (χ4v) is 2.96.